The molecule has 0 aliphatic rings. The number of benzene rings is 3. The van der Waals surface area contributed by atoms with Crippen molar-refractivity contribution in [3.05, 3.63) is 83.7 Å². The lowest BCUT2D eigenvalue weighted by Crippen LogP contribution is -2.20. The van der Waals surface area contributed by atoms with Crippen molar-refractivity contribution in [2.45, 2.75) is 20.4 Å². The summed E-state index contributed by atoms with van der Waals surface area (Å²) >= 11 is 0. The smallest absolute Gasteiger partial charge is 0.262 e. The van der Waals surface area contributed by atoms with E-state index >= 15 is 0 Å². The summed E-state index contributed by atoms with van der Waals surface area (Å²) in [5.74, 6) is 0.552. The van der Waals surface area contributed by atoms with E-state index in [1.807, 2.05) is 50.2 Å². The molecule has 0 saturated carbocycles. The molecular formula is C24H25FN2O3. The zero-order valence-electron chi connectivity index (χ0n) is 17.1. The topological polar surface area (TPSA) is 59.6 Å². The Bertz CT molecular complexity index is 973. The molecule has 0 fully saturated rings. The first-order valence-corrected chi connectivity index (χ1v) is 9.78. The lowest BCUT2D eigenvalue weighted by molar-refractivity contribution is -0.118. The third-order valence-corrected chi connectivity index (χ3v) is 4.34. The number of rotatable bonds is 9. The van der Waals surface area contributed by atoms with E-state index in [1.54, 1.807) is 18.2 Å². The van der Waals surface area contributed by atoms with E-state index in [0.717, 1.165) is 22.5 Å². The maximum absolute atomic E-state index is 13.0. The van der Waals surface area contributed by atoms with Gasteiger partial charge in [-0.15, -0.1) is 0 Å². The Hall–Kier alpha value is -3.54. The molecule has 0 atom stereocenters. The van der Waals surface area contributed by atoms with Gasteiger partial charge in [0.1, 0.15) is 5.82 Å². The highest BCUT2D eigenvalue weighted by Gasteiger charge is 2.10. The van der Waals surface area contributed by atoms with E-state index in [2.05, 4.69) is 10.6 Å². The number of halogens is 1. The van der Waals surface area contributed by atoms with Crippen LogP contribution in [0.15, 0.2) is 66.7 Å². The summed E-state index contributed by atoms with van der Waals surface area (Å²) in [6.07, 6.45) is 0. The highest BCUT2D eigenvalue weighted by atomic mass is 19.1. The molecule has 0 unspecified atom stereocenters. The number of carbonyl (C=O) groups is 1. The first-order chi connectivity index (χ1) is 14.5. The molecule has 2 N–H and O–H groups in total. The van der Waals surface area contributed by atoms with Crippen molar-refractivity contribution in [3.8, 4) is 11.5 Å². The fourth-order valence-electron chi connectivity index (χ4n) is 2.80. The molecule has 0 radical (unpaired) electrons. The van der Waals surface area contributed by atoms with Crippen LogP contribution in [0.2, 0.25) is 0 Å². The predicted octanol–water partition coefficient (Wildman–Crippen LogP) is 5.16. The Morgan fingerprint density at radius 2 is 1.60 bits per heavy atom. The van der Waals surface area contributed by atoms with E-state index in [0.29, 0.717) is 24.7 Å². The minimum Gasteiger partial charge on any atom is -0.490 e. The van der Waals surface area contributed by atoms with Crippen molar-refractivity contribution in [2.24, 2.45) is 0 Å². The van der Waals surface area contributed by atoms with E-state index in [4.69, 9.17) is 9.47 Å². The van der Waals surface area contributed by atoms with Crippen molar-refractivity contribution in [1.29, 1.82) is 0 Å². The molecule has 0 spiro atoms. The highest BCUT2D eigenvalue weighted by molar-refractivity contribution is 5.91. The van der Waals surface area contributed by atoms with Crippen LogP contribution in [0.4, 0.5) is 15.8 Å². The van der Waals surface area contributed by atoms with Crippen molar-refractivity contribution >= 4 is 17.3 Å². The van der Waals surface area contributed by atoms with Gasteiger partial charge in [0, 0.05) is 17.9 Å². The van der Waals surface area contributed by atoms with E-state index in [-0.39, 0.29) is 18.3 Å². The molecule has 3 rings (SSSR count). The minimum absolute atomic E-state index is 0.124. The van der Waals surface area contributed by atoms with Crippen molar-refractivity contribution in [1.82, 2.24) is 0 Å². The molecule has 0 saturated heterocycles. The number of amides is 1. The normalized spacial score (nSPS) is 10.4. The summed E-state index contributed by atoms with van der Waals surface area (Å²) in [6.45, 7) is 4.77. The van der Waals surface area contributed by atoms with Crippen molar-refractivity contribution < 1.29 is 18.7 Å². The van der Waals surface area contributed by atoms with Gasteiger partial charge in [0.25, 0.3) is 5.91 Å². The van der Waals surface area contributed by atoms with Gasteiger partial charge in [0.15, 0.2) is 18.1 Å². The number of aryl methyl sites for hydroxylation is 1. The summed E-state index contributed by atoms with van der Waals surface area (Å²) in [4.78, 5) is 12.2. The molecule has 0 aromatic heterocycles. The molecule has 1 amide bonds. The molecule has 0 heterocycles. The van der Waals surface area contributed by atoms with Gasteiger partial charge in [-0.2, -0.15) is 0 Å². The third kappa shape index (κ3) is 6.24. The van der Waals surface area contributed by atoms with Crippen LogP contribution in [-0.2, 0) is 11.3 Å². The fraction of sp³-hybridized carbons (Fsp3) is 0.208. The molecule has 0 bridgehead atoms. The number of nitrogens with one attached hydrogen (secondary N) is 2. The maximum atomic E-state index is 13.0. The van der Waals surface area contributed by atoms with Gasteiger partial charge >= 0.3 is 0 Å². The highest BCUT2D eigenvalue weighted by Crippen LogP contribution is 2.29. The Morgan fingerprint density at radius 1 is 0.900 bits per heavy atom. The van der Waals surface area contributed by atoms with Crippen LogP contribution < -0.4 is 20.1 Å². The van der Waals surface area contributed by atoms with Gasteiger partial charge in [-0.3, -0.25) is 4.79 Å². The van der Waals surface area contributed by atoms with E-state index < -0.39 is 0 Å². The summed E-state index contributed by atoms with van der Waals surface area (Å²) < 4.78 is 24.4. The second-order valence-electron chi connectivity index (χ2n) is 6.78. The van der Waals surface area contributed by atoms with Crippen LogP contribution in [0.25, 0.3) is 0 Å². The number of carbonyl (C=O) groups excluding carboxylic acids is 1. The van der Waals surface area contributed by atoms with Gasteiger partial charge in [-0.1, -0.05) is 23.8 Å². The zero-order valence-corrected chi connectivity index (χ0v) is 17.1. The second-order valence-corrected chi connectivity index (χ2v) is 6.78. The first kappa shape index (κ1) is 21.2. The van der Waals surface area contributed by atoms with Crippen LogP contribution in [-0.4, -0.2) is 19.1 Å². The van der Waals surface area contributed by atoms with Crippen molar-refractivity contribution in [3.63, 3.8) is 0 Å². The molecule has 6 heteroatoms. The van der Waals surface area contributed by atoms with E-state index in [1.165, 1.54) is 12.1 Å². The van der Waals surface area contributed by atoms with Gasteiger partial charge in [-0.25, -0.2) is 4.39 Å². The van der Waals surface area contributed by atoms with Gasteiger partial charge in [0.05, 0.1) is 6.61 Å². The fourth-order valence-corrected chi connectivity index (χ4v) is 2.80. The molecule has 0 aliphatic heterocycles. The Labute approximate surface area is 175 Å². The number of anilines is 2. The number of ether oxygens (including phenoxy) is 2. The summed E-state index contributed by atoms with van der Waals surface area (Å²) in [7, 11) is 0. The second kappa shape index (κ2) is 10.3. The summed E-state index contributed by atoms with van der Waals surface area (Å²) in [5, 5.41) is 6.03. The quantitative estimate of drug-likeness (QED) is 0.513. The molecular weight excluding hydrogens is 383 g/mol. The average Bonchev–Trinajstić information content (AvgIpc) is 2.74. The van der Waals surface area contributed by atoms with Crippen LogP contribution in [0.3, 0.4) is 0 Å². The standard InChI is InChI=1S/C24H25FN2O3/c1-3-29-23-14-18(15-26-20-11-7-19(25)8-12-20)6-13-22(23)30-16-24(28)27-21-9-4-17(2)5-10-21/h4-14,26H,3,15-16H2,1-2H3,(H,27,28). The number of hydrogen-bond acceptors (Lipinski definition) is 4. The van der Waals surface area contributed by atoms with Crippen LogP contribution in [0, 0.1) is 12.7 Å². The van der Waals surface area contributed by atoms with Gasteiger partial charge < -0.3 is 20.1 Å². The average molecular weight is 408 g/mol. The predicted molar refractivity (Wildman–Crippen MR) is 117 cm³/mol. The third-order valence-electron chi connectivity index (χ3n) is 4.34. The summed E-state index contributed by atoms with van der Waals surface area (Å²) in [6, 6.07) is 19.3. The Morgan fingerprint density at radius 3 is 2.30 bits per heavy atom. The monoisotopic (exact) mass is 408 g/mol. The first-order valence-electron chi connectivity index (χ1n) is 9.78. The van der Waals surface area contributed by atoms with Crippen molar-refractivity contribution in [2.75, 3.05) is 23.8 Å². The minimum atomic E-state index is -0.271. The Kier molecular flexibility index (Phi) is 7.27. The maximum Gasteiger partial charge on any atom is 0.262 e. The number of hydrogen-bond donors (Lipinski definition) is 2. The van der Waals surface area contributed by atoms with Crippen LogP contribution in [0.5, 0.6) is 11.5 Å². The Balaban J connectivity index is 1.59. The van der Waals surface area contributed by atoms with Crippen LogP contribution >= 0.6 is 0 Å². The lowest BCUT2D eigenvalue weighted by Gasteiger charge is -2.14. The van der Waals surface area contributed by atoms with Gasteiger partial charge in [-0.05, 0) is 67.9 Å². The summed E-state index contributed by atoms with van der Waals surface area (Å²) in [5.41, 5.74) is 3.64. The zero-order chi connectivity index (χ0) is 21.3. The molecule has 3 aromatic rings. The largest absolute Gasteiger partial charge is 0.490 e. The molecule has 156 valence electrons. The SMILES string of the molecule is CCOc1cc(CNc2ccc(F)cc2)ccc1OCC(=O)Nc1ccc(C)cc1. The van der Waals surface area contributed by atoms with Gasteiger partial charge in [0.2, 0.25) is 0 Å². The van der Waals surface area contributed by atoms with E-state index in [9.17, 15) is 9.18 Å². The molecule has 30 heavy (non-hydrogen) atoms. The lowest BCUT2D eigenvalue weighted by atomic mass is 10.2. The van der Waals surface area contributed by atoms with Crippen LogP contribution in [0.1, 0.15) is 18.1 Å². The molecule has 0 aliphatic carbocycles. The molecule has 3 aromatic carbocycles. The molecule has 5 nitrogen and oxygen atoms in total.